The Balaban J connectivity index is 2.56. The molecule has 6 heteroatoms. The van der Waals surface area contributed by atoms with Gasteiger partial charge in [-0.1, -0.05) is 26.7 Å². The predicted molar refractivity (Wildman–Crippen MR) is 83.3 cm³/mol. The fraction of sp³-hybridized carbons (Fsp3) is 0.812. The van der Waals surface area contributed by atoms with Crippen LogP contribution in [0.3, 0.4) is 0 Å². The van der Waals surface area contributed by atoms with Gasteiger partial charge in [-0.15, -0.1) is 0 Å². The first-order valence-corrected chi connectivity index (χ1v) is 8.30. The van der Waals surface area contributed by atoms with Crippen LogP contribution in [0.1, 0.15) is 58.8 Å². The molecule has 0 aromatic carbocycles. The van der Waals surface area contributed by atoms with Crippen LogP contribution in [0.15, 0.2) is 0 Å². The number of likely N-dealkylation sites (tertiary alicyclic amines) is 1. The number of aliphatic carboxylic acids is 1. The predicted octanol–water partition coefficient (Wildman–Crippen LogP) is 1.78. The molecule has 126 valence electrons. The van der Waals surface area contributed by atoms with Crippen molar-refractivity contribution in [2.24, 2.45) is 5.92 Å². The van der Waals surface area contributed by atoms with Gasteiger partial charge < -0.3 is 15.3 Å². The molecule has 0 bridgehead atoms. The third-order valence-electron chi connectivity index (χ3n) is 4.07. The Bertz CT molecular complexity index is 398. The van der Waals surface area contributed by atoms with Gasteiger partial charge in [0, 0.05) is 19.5 Å². The second kappa shape index (κ2) is 9.43. The molecule has 2 amide bonds. The molecular weight excluding hydrogens is 284 g/mol. The van der Waals surface area contributed by atoms with Crippen molar-refractivity contribution in [3.05, 3.63) is 0 Å². The minimum absolute atomic E-state index is 0.0840. The van der Waals surface area contributed by atoms with Crippen LogP contribution < -0.4 is 5.32 Å². The Morgan fingerprint density at radius 3 is 2.59 bits per heavy atom. The lowest BCUT2D eigenvalue weighted by Crippen LogP contribution is -2.49. The Kier molecular flexibility index (Phi) is 7.91. The van der Waals surface area contributed by atoms with Gasteiger partial charge in [-0.3, -0.25) is 9.59 Å². The van der Waals surface area contributed by atoms with Gasteiger partial charge in [-0.2, -0.15) is 0 Å². The number of unbranched alkanes of at least 4 members (excludes halogenated alkanes) is 1. The zero-order chi connectivity index (χ0) is 16.5. The standard InChI is InChI=1S/C16H28N2O4/c1-3-5-9-13(16(21)22)17-15(20)12-8-6-10-18(11-12)14(19)7-4-2/h12-13H,3-11H2,1-2H3,(H,17,20)(H,21,22). The molecule has 22 heavy (non-hydrogen) atoms. The fourth-order valence-electron chi connectivity index (χ4n) is 2.74. The summed E-state index contributed by atoms with van der Waals surface area (Å²) in [6.45, 7) is 5.04. The van der Waals surface area contributed by atoms with Crippen molar-refractivity contribution in [1.82, 2.24) is 10.2 Å². The number of carboxylic acids is 1. The van der Waals surface area contributed by atoms with Gasteiger partial charge >= 0.3 is 5.97 Å². The number of hydrogen-bond acceptors (Lipinski definition) is 3. The monoisotopic (exact) mass is 312 g/mol. The van der Waals surface area contributed by atoms with Crippen molar-refractivity contribution in [1.29, 1.82) is 0 Å². The number of rotatable bonds is 8. The zero-order valence-electron chi connectivity index (χ0n) is 13.6. The minimum Gasteiger partial charge on any atom is -0.480 e. The molecule has 0 spiro atoms. The van der Waals surface area contributed by atoms with E-state index in [9.17, 15) is 19.5 Å². The highest BCUT2D eigenvalue weighted by Crippen LogP contribution is 2.18. The van der Waals surface area contributed by atoms with Gasteiger partial charge in [0.05, 0.1) is 5.92 Å². The molecule has 0 aliphatic carbocycles. The highest BCUT2D eigenvalue weighted by Gasteiger charge is 2.30. The summed E-state index contributed by atoms with van der Waals surface area (Å²) >= 11 is 0. The second-order valence-electron chi connectivity index (χ2n) is 5.97. The van der Waals surface area contributed by atoms with E-state index in [4.69, 9.17) is 0 Å². The first kappa shape index (κ1) is 18.5. The molecule has 2 N–H and O–H groups in total. The maximum absolute atomic E-state index is 12.3. The van der Waals surface area contributed by atoms with Gasteiger partial charge in [-0.05, 0) is 25.7 Å². The van der Waals surface area contributed by atoms with E-state index in [2.05, 4.69) is 5.32 Å². The van der Waals surface area contributed by atoms with Crippen LogP contribution in [0.2, 0.25) is 0 Å². The number of piperidine rings is 1. The lowest BCUT2D eigenvalue weighted by molar-refractivity contribution is -0.144. The number of amides is 2. The summed E-state index contributed by atoms with van der Waals surface area (Å²) in [6.07, 6.45) is 4.91. The van der Waals surface area contributed by atoms with Crippen molar-refractivity contribution in [3.8, 4) is 0 Å². The second-order valence-corrected chi connectivity index (χ2v) is 5.97. The summed E-state index contributed by atoms with van der Waals surface area (Å²) < 4.78 is 0. The van der Waals surface area contributed by atoms with Gasteiger partial charge in [-0.25, -0.2) is 4.79 Å². The number of nitrogens with one attached hydrogen (secondary N) is 1. The van der Waals surface area contributed by atoms with Crippen LogP contribution >= 0.6 is 0 Å². The Hall–Kier alpha value is -1.59. The third kappa shape index (κ3) is 5.66. The molecule has 6 nitrogen and oxygen atoms in total. The smallest absolute Gasteiger partial charge is 0.326 e. The molecule has 1 saturated heterocycles. The number of hydrogen-bond donors (Lipinski definition) is 2. The van der Waals surface area contributed by atoms with Crippen molar-refractivity contribution < 1.29 is 19.5 Å². The zero-order valence-corrected chi connectivity index (χ0v) is 13.6. The molecule has 1 rings (SSSR count). The van der Waals surface area contributed by atoms with Crippen LogP contribution in [-0.2, 0) is 14.4 Å². The van der Waals surface area contributed by atoms with E-state index in [1.807, 2.05) is 13.8 Å². The van der Waals surface area contributed by atoms with E-state index in [1.165, 1.54) is 0 Å². The maximum atomic E-state index is 12.3. The maximum Gasteiger partial charge on any atom is 0.326 e. The SMILES string of the molecule is CCCCC(NC(=O)C1CCCN(C(=O)CCC)C1)C(=O)O. The summed E-state index contributed by atoms with van der Waals surface area (Å²) in [4.78, 5) is 37.2. The molecule has 1 aliphatic heterocycles. The van der Waals surface area contributed by atoms with Crippen molar-refractivity contribution in [2.45, 2.75) is 64.8 Å². The quantitative estimate of drug-likeness (QED) is 0.715. The lowest BCUT2D eigenvalue weighted by atomic mass is 9.96. The van der Waals surface area contributed by atoms with E-state index in [-0.39, 0.29) is 17.7 Å². The molecule has 0 saturated carbocycles. The highest BCUT2D eigenvalue weighted by atomic mass is 16.4. The first-order valence-electron chi connectivity index (χ1n) is 8.30. The topological polar surface area (TPSA) is 86.7 Å². The van der Waals surface area contributed by atoms with Crippen LogP contribution in [0.4, 0.5) is 0 Å². The molecule has 0 radical (unpaired) electrons. The normalized spacial score (nSPS) is 19.5. The van der Waals surface area contributed by atoms with Crippen LogP contribution in [0.25, 0.3) is 0 Å². The Labute approximate surface area is 132 Å². The molecule has 2 atom stereocenters. The number of carboxylic acid groups (broad SMARTS) is 1. The van der Waals surface area contributed by atoms with E-state index < -0.39 is 12.0 Å². The summed E-state index contributed by atoms with van der Waals surface area (Å²) in [5, 5.41) is 11.8. The van der Waals surface area contributed by atoms with E-state index >= 15 is 0 Å². The summed E-state index contributed by atoms with van der Waals surface area (Å²) in [7, 11) is 0. The minimum atomic E-state index is -0.989. The fourth-order valence-corrected chi connectivity index (χ4v) is 2.74. The largest absolute Gasteiger partial charge is 0.480 e. The first-order chi connectivity index (χ1) is 10.5. The average molecular weight is 312 g/mol. The molecule has 2 unspecified atom stereocenters. The average Bonchev–Trinajstić information content (AvgIpc) is 2.51. The van der Waals surface area contributed by atoms with Gasteiger partial charge in [0.25, 0.3) is 0 Å². The number of carbonyl (C=O) groups excluding carboxylic acids is 2. The van der Waals surface area contributed by atoms with Gasteiger partial charge in [0.15, 0.2) is 0 Å². The number of carbonyl (C=O) groups is 3. The van der Waals surface area contributed by atoms with Crippen LogP contribution in [-0.4, -0.2) is 46.9 Å². The van der Waals surface area contributed by atoms with Crippen molar-refractivity contribution in [3.63, 3.8) is 0 Å². The van der Waals surface area contributed by atoms with Gasteiger partial charge in [0.1, 0.15) is 6.04 Å². The van der Waals surface area contributed by atoms with Gasteiger partial charge in [0.2, 0.25) is 11.8 Å². The molecular formula is C16H28N2O4. The van der Waals surface area contributed by atoms with Crippen molar-refractivity contribution >= 4 is 17.8 Å². The molecule has 1 heterocycles. The highest BCUT2D eigenvalue weighted by molar-refractivity contribution is 5.86. The molecule has 0 aromatic heterocycles. The third-order valence-corrected chi connectivity index (χ3v) is 4.07. The van der Waals surface area contributed by atoms with E-state index in [0.717, 1.165) is 25.7 Å². The van der Waals surface area contributed by atoms with Crippen molar-refractivity contribution in [2.75, 3.05) is 13.1 Å². The van der Waals surface area contributed by atoms with E-state index in [0.29, 0.717) is 32.4 Å². The summed E-state index contributed by atoms with van der Waals surface area (Å²) in [5.74, 6) is -1.44. The van der Waals surface area contributed by atoms with Crippen LogP contribution in [0, 0.1) is 5.92 Å². The lowest BCUT2D eigenvalue weighted by Gasteiger charge is -2.32. The summed E-state index contributed by atoms with van der Waals surface area (Å²) in [5.41, 5.74) is 0. The molecule has 1 aliphatic rings. The summed E-state index contributed by atoms with van der Waals surface area (Å²) in [6, 6.07) is -0.825. The molecule has 1 fully saturated rings. The Morgan fingerprint density at radius 1 is 1.27 bits per heavy atom. The Morgan fingerprint density at radius 2 is 2.00 bits per heavy atom. The number of nitrogens with zero attached hydrogens (tertiary/aromatic N) is 1. The van der Waals surface area contributed by atoms with Crippen LogP contribution in [0.5, 0.6) is 0 Å². The van der Waals surface area contributed by atoms with E-state index in [1.54, 1.807) is 4.90 Å². The molecule has 0 aromatic rings.